The van der Waals surface area contributed by atoms with Crippen LogP contribution in [0.3, 0.4) is 0 Å². The van der Waals surface area contributed by atoms with Crippen LogP contribution >= 0.6 is 7.82 Å². The zero-order valence-electron chi connectivity index (χ0n) is 12.4. The Bertz CT molecular complexity index is 863. The fraction of sp³-hybridized carbons (Fsp3) is 0. The Morgan fingerprint density at radius 2 is 1.12 bits per heavy atom. The largest absolute Gasteiger partial charge is 0.589 e. The minimum absolute atomic E-state index is 0.0947. The summed E-state index contributed by atoms with van der Waals surface area (Å²) in [6.07, 6.45) is 0. The first-order valence-electron chi connectivity index (χ1n) is 6.65. The number of phosphoric acid groups is 1. The van der Waals surface area contributed by atoms with Gasteiger partial charge < -0.3 is 9.05 Å². The van der Waals surface area contributed by atoms with Crippen molar-refractivity contribution in [2.45, 2.75) is 0 Å². The van der Waals surface area contributed by atoms with Crippen molar-refractivity contribution in [2.75, 3.05) is 0 Å². The van der Waals surface area contributed by atoms with Gasteiger partial charge in [-0.05, 0) is 48.5 Å². The number of benzene rings is 2. The summed E-state index contributed by atoms with van der Waals surface area (Å²) in [4.78, 5) is 33.1. The molecule has 0 unspecified atom stereocenters. The maximum absolute atomic E-state index is 11.8. The van der Waals surface area contributed by atoms with E-state index in [0.717, 1.165) is 0 Å². The summed E-state index contributed by atoms with van der Waals surface area (Å²) in [6, 6.07) is 13.9. The first-order chi connectivity index (χ1) is 11.8. The SMILES string of the molecule is N#Cc1ccc(C(=O)OP(=O)(O)OC(=O)c2ccc(C#N)cc2)cc1. The molecule has 0 heterocycles. The van der Waals surface area contributed by atoms with Crippen molar-refractivity contribution in [2.24, 2.45) is 0 Å². The third-order valence-electron chi connectivity index (χ3n) is 2.90. The molecule has 0 aromatic heterocycles. The van der Waals surface area contributed by atoms with Crippen LogP contribution in [-0.2, 0) is 13.6 Å². The van der Waals surface area contributed by atoms with Gasteiger partial charge in [0, 0.05) is 0 Å². The molecule has 2 aromatic carbocycles. The van der Waals surface area contributed by atoms with Gasteiger partial charge in [-0.2, -0.15) is 10.5 Å². The molecule has 0 aliphatic heterocycles. The average molecular weight is 356 g/mol. The van der Waals surface area contributed by atoms with Crippen LogP contribution in [-0.4, -0.2) is 16.8 Å². The van der Waals surface area contributed by atoms with Crippen molar-refractivity contribution in [3.05, 3.63) is 70.8 Å². The molecule has 9 heteroatoms. The summed E-state index contributed by atoms with van der Waals surface area (Å²) in [5, 5.41) is 17.3. The van der Waals surface area contributed by atoms with Crippen molar-refractivity contribution in [3.63, 3.8) is 0 Å². The molecule has 0 bridgehead atoms. The monoisotopic (exact) mass is 356 g/mol. The van der Waals surface area contributed by atoms with E-state index in [1.54, 1.807) is 0 Å². The number of hydrogen-bond acceptors (Lipinski definition) is 7. The highest BCUT2D eigenvalue weighted by atomic mass is 31.2. The van der Waals surface area contributed by atoms with Crippen molar-refractivity contribution < 1.29 is 28.1 Å². The molecule has 2 aromatic rings. The Kier molecular flexibility index (Phi) is 5.31. The summed E-state index contributed by atoms with van der Waals surface area (Å²) in [5.41, 5.74) is 0.386. The third-order valence-corrected chi connectivity index (χ3v) is 3.69. The average Bonchev–Trinajstić information content (AvgIpc) is 2.61. The van der Waals surface area contributed by atoms with Gasteiger partial charge in [0.2, 0.25) is 0 Å². The van der Waals surface area contributed by atoms with Gasteiger partial charge >= 0.3 is 19.8 Å². The summed E-state index contributed by atoms with van der Waals surface area (Å²) >= 11 is 0. The fourth-order valence-corrected chi connectivity index (χ4v) is 2.36. The van der Waals surface area contributed by atoms with Crippen molar-refractivity contribution in [3.8, 4) is 12.1 Å². The molecule has 25 heavy (non-hydrogen) atoms. The number of nitriles is 2. The Morgan fingerprint density at radius 3 is 1.40 bits per heavy atom. The maximum Gasteiger partial charge on any atom is 0.589 e. The summed E-state index contributed by atoms with van der Waals surface area (Å²) < 4.78 is 20.4. The van der Waals surface area contributed by atoms with Gasteiger partial charge in [0.1, 0.15) is 0 Å². The number of hydrogen-bond donors (Lipinski definition) is 1. The molecule has 8 nitrogen and oxygen atoms in total. The van der Waals surface area contributed by atoms with E-state index in [0.29, 0.717) is 0 Å². The predicted octanol–water partition coefficient (Wildman–Crippen LogP) is 2.54. The molecule has 0 fully saturated rings. The maximum atomic E-state index is 11.8. The highest BCUT2D eigenvalue weighted by molar-refractivity contribution is 7.48. The van der Waals surface area contributed by atoms with Crippen LogP contribution in [0, 0.1) is 22.7 Å². The first-order valence-corrected chi connectivity index (χ1v) is 8.15. The Balaban J connectivity index is 2.06. The number of nitrogens with zero attached hydrogens (tertiary/aromatic N) is 2. The lowest BCUT2D eigenvalue weighted by Gasteiger charge is -2.11. The second-order valence-corrected chi connectivity index (χ2v) is 5.91. The van der Waals surface area contributed by atoms with E-state index in [4.69, 9.17) is 10.5 Å². The summed E-state index contributed by atoms with van der Waals surface area (Å²) in [6.45, 7) is 0. The summed E-state index contributed by atoms with van der Waals surface area (Å²) in [7, 11) is -5.00. The summed E-state index contributed by atoms with van der Waals surface area (Å²) in [5.74, 6) is -2.38. The Morgan fingerprint density at radius 1 is 0.800 bits per heavy atom. The van der Waals surface area contributed by atoms with Crippen LogP contribution in [0.2, 0.25) is 0 Å². The van der Waals surface area contributed by atoms with Gasteiger partial charge in [-0.3, -0.25) is 4.89 Å². The van der Waals surface area contributed by atoms with E-state index in [9.17, 15) is 19.0 Å². The van der Waals surface area contributed by atoms with Gasteiger partial charge in [-0.25, -0.2) is 14.2 Å². The molecule has 0 saturated heterocycles. The number of rotatable bonds is 4. The molecular weight excluding hydrogens is 347 g/mol. The van der Waals surface area contributed by atoms with E-state index in [2.05, 4.69) is 9.05 Å². The molecule has 0 aliphatic carbocycles. The van der Waals surface area contributed by atoms with Gasteiger partial charge in [0.15, 0.2) is 0 Å². The normalized spacial score (nSPS) is 10.2. The topological polar surface area (TPSA) is 137 Å². The zero-order chi connectivity index (χ0) is 18.4. The van der Waals surface area contributed by atoms with Gasteiger partial charge in [-0.15, -0.1) is 0 Å². The van der Waals surface area contributed by atoms with Gasteiger partial charge in [-0.1, -0.05) is 0 Å². The van der Waals surface area contributed by atoms with Crippen LogP contribution in [0.1, 0.15) is 31.8 Å². The first kappa shape index (κ1) is 17.9. The fourth-order valence-electron chi connectivity index (χ4n) is 1.70. The van der Waals surface area contributed by atoms with Crippen LogP contribution in [0.4, 0.5) is 0 Å². The molecule has 0 spiro atoms. The van der Waals surface area contributed by atoms with Crippen LogP contribution < -0.4 is 0 Å². The van der Waals surface area contributed by atoms with E-state index in [-0.39, 0.29) is 22.3 Å². The third kappa shape index (κ3) is 4.76. The lowest BCUT2D eigenvalue weighted by molar-refractivity contribution is 0.0566. The minimum Gasteiger partial charge on any atom is -0.357 e. The molecule has 124 valence electrons. The number of phosphoric ester groups is 1. The van der Waals surface area contributed by atoms with E-state index in [1.165, 1.54) is 48.5 Å². The second-order valence-electron chi connectivity index (χ2n) is 4.60. The van der Waals surface area contributed by atoms with Crippen molar-refractivity contribution in [1.29, 1.82) is 10.5 Å². The predicted molar refractivity (Wildman–Crippen MR) is 83.0 cm³/mol. The second kappa shape index (κ2) is 7.41. The lowest BCUT2D eigenvalue weighted by atomic mass is 10.1. The van der Waals surface area contributed by atoms with Gasteiger partial charge in [0.05, 0.1) is 34.4 Å². The quantitative estimate of drug-likeness (QED) is 0.825. The standard InChI is InChI=1S/C16H9N2O6P/c17-9-11-1-5-13(6-2-11)15(19)23-25(21,22)24-16(20)14-7-3-12(10-18)4-8-14/h1-8H,(H,21,22). The molecule has 0 saturated carbocycles. The van der Waals surface area contributed by atoms with Crippen LogP contribution in [0.15, 0.2) is 48.5 Å². The van der Waals surface area contributed by atoms with Crippen molar-refractivity contribution in [1.82, 2.24) is 0 Å². The molecule has 2 rings (SSSR count). The molecule has 0 radical (unpaired) electrons. The molecule has 0 atom stereocenters. The zero-order valence-corrected chi connectivity index (χ0v) is 13.3. The van der Waals surface area contributed by atoms with Crippen molar-refractivity contribution >= 4 is 19.8 Å². The molecule has 0 amide bonds. The van der Waals surface area contributed by atoms with Crippen LogP contribution in [0.25, 0.3) is 0 Å². The Labute approximate surface area is 142 Å². The van der Waals surface area contributed by atoms with E-state index in [1.807, 2.05) is 12.1 Å². The minimum atomic E-state index is -5.00. The lowest BCUT2D eigenvalue weighted by Crippen LogP contribution is -2.09. The van der Waals surface area contributed by atoms with Crippen LogP contribution in [0.5, 0.6) is 0 Å². The Hall–Kier alpha value is -3.45. The highest BCUT2D eigenvalue weighted by Crippen LogP contribution is 2.44. The van der Waals surface area contributed by atoms with Gasteiger partial charge in [0.25, 0.3) is 0 Å². The number of carbonyl (C=O) groups is 2. The molecule has 0 aliphatic rings. The molecular formula is C16H9N2O6P. The highest BCUT2D eigenvalue weighted by Gasteiger charge is 2.31. The smallest absolute Gasteiger partial charge is 0.357 e. The number of carbonyl (C=O) groups excluding carboxylic acids is 2. The van der Waals surface area contributed by atoms with E-state index >= 15 is 0 Å². The molecule has 1 N–H and O–H groups in total. The van der Waals surface area contributed by atoms with E-state index < -0.39 is 19.8 Å².